The molecular weight excluding hydrogens is 322 g/mol. The summed E-state index contributed by atoms with van der Waals surface area (Å²) in [6, 6.07) is 14.2. The molecule has 5 heteroatoms. The van der Waals surface area contributed by atoms with Crippen LogP contribution in [0.15, 0.2) is 53.4 Å². The zero-order valence-electron chi connectivity index (χ0n) is 14.0. The fourth-order valence-electron chi connectivity index (χ4n) is 2.22. The van der Waals surface area contributed by atoms with E-state index in [9.17, 15) is 9.59 Å². The lowest BCUT2D eigenvalue weighted by Crippen LogP contribution is -2.16. The number of hydrogen-bond acceptors (Lipinski definition) is 3. The van der Waals surface area contributed by atoms with Gasteiger partial charge in [-0.05, 0) is 35.9 Å². The Hall–Kier alpha value is -2.27. The van der Waals surface area contributed by atoms with Gasteiger partial charge in [0, 0.05) is 15.3 Å². The Morgan fingerprint density at radius 1 is 1.04 bits per heavy atom. The van der Waals surface area contributed by atoms with Crippen LogP contribution in [0.1, 0.15) is 36.7 Å². The molecule has 2 N–H and O–H groups in total. The van der Waals surface area contributed by atoms with Gasteiger partial charge in [0.15, 0.2) is 0 Å². The van der Waals surface area contributed by atoms with E-state index >= 15 is 0 Å². The van der Waals surface area contributed by atoms with E-state index in [1.54, 1.807) is 30.0 Å². The summed E-state index contributed by atoms with van der Waals surface area (Å²) in [6.07, 6.45) is 0.0287. The standard InChI is InChI=1S/C19H21NO3S/c1-19(2,3)24-15-10-8-14(9-11-15)20-17(21)12-13-6-4-5-7-16(13)18(22)23/h4-11H,12H2,1-3H3,(H,20,21)(H,22,23). The predicted molar refractivity (Wildman–Crippen MR) is 97.8 cm³/mol. The number of carbonyl (C=O) groups excluding carboxylic acids is 1. The molecule has 2 aromatic carbocycles. The van der Waals surface area contributed by atoms with Crippen LogP contribution in [0.25, 0.3) is 0 Å². The average Bonchev–Trinajstić information content (AvgIpc) is 2.48. The van der Waals surface area contributed by atoms with E-state index < -0.39 is 5.97 Å². The van der Waals surface area contributed by atoms with Crippen LogP contribution in [0.4, 0.5) is 5.69 Å². The summed E-state index contributed by atoms with van der Waals surface area (Å²) in [6.45, 7) is 6.44. The Kier molecular flexibility index (Phi) is 5.67. The lowest BCUT2D eigenvalue weighted by molar-refractivity contribution is -0.115. The van der Waals surface area contributed by atoms with Crippen molar-refractivity contribution in [3.05, 3.63) is 59.7 Å². The molecule has 0 unspecified atom stereocenters. The van der Waals surface area contributed by atoms with Gasteiger partial charge in [0.25, 0.3) is 0 Å². The van der Waals surface area contributed by atoms with Crippen LogP contribution in [-0.4, -0.2) is 21.7 Å². The maximum absolute atomic E-state index is 12.2. The van der Waals surface area contributed by atoms with Crippen molar-refractivity contribution in [1.82, 2.24) is 0 Å². The SMILES string of the molecule is CC(C)(C)Sc1ccc(NC(=O)Cc2ccccc2C(=O)O)cc1. The number of aromatic carboxylic acids is 1. The Labute approximate surface area is 146 Å². The van der Waals surface area contributed by atoms with E-state index in [1.807, 2.05) is 24.3 Å². The molecule has 0 atom stereocenters. The van der Waals surface area contributed by atoms with E-state index in [2.05, 4.69) is 26.1 Å². The Balaban J connectivity index is 2.02. The minimum atomic E-state index is -1.03. The molecular formula is C19H21NO3S. The first-order valence-corrected chi connectivity index (χ1v) is 8.46. The number of carboxylic acid groups (broad SMARTS) is 1. The smallest absolute Gasteiger partial charge is 0.335 e. The van der Waals surface area contributed by atoms with Crippen molar-refractivity contribution in [2.24, 2.45) is 0 Å². The molecule has 0 spiro atoms. The molecule has 0 aromatic heterocycles. The zero-order chi connectivity index (χ0) is 17.7. The molecule has 0 fully saturated rings. The molecule has 0 aliphatic heterocycles. The molecule has 2 rings (SSSR count). The summed E-state index contributed by atoms with van der Waals surface area (Å²) in [7, 11) is 0. The first-order chi connectivity index (χ1) is 11.2. The summed E-state index contributed by atoms with van der Waals surface area (Å²) in [5.74, 6) is -1.26. The third kappa shape index (κ3) is 5.42. The van der Waals surface area contributed by atoms with Crippen molar-refractivity contribution >= 4 is 29.3 Å². The van der Waals surface area contributed by atoms with Gasteiger partial charge in [0.2, 0.25) is 5.91 Å². The van der Waals surface area contributed by atoms with Crippen LogP contribution in [-0.2, 0) is 11.2 Å². The molecule has 0 saturated heterocycles. The highest BCUT2D eigenvalue weighted by Crippen LogP contribution is 2.32. The highest BCUT2D eigenvalue weighted by molar-refractivity contribution is 8.00. The second-order valence-corrected chi connectivity index (χ2v) is 8.33. The highest BCUT2D eigenvalue weighted by Gasteiger charge is 2.14. The van der Waals surface area contributed by atoms with Crippen molar-refractivity contribution < 1.29 is 14.7 Å². The summed E-state index contributed by atoms with van der Waals surface area (Å²) in [4.78, 5) is 24.5. The number of hydrogen-bond donors (Lipinski definition) is 2. The summed E-state index contributed by atoms with van der Waals surface area (Å²) >= 11 is 1.76. The minimum Gasteiger partial charge on any atom is -0.478 e. The number of carboxylic acids is 1. The summed E-state index contributed by atoms with van der Waals surface area (Å²) in [5.41, 5.74) is 1.36. The van der Waals surface area contributed by atoms with Crippen LogP contribution >= 0.6 is 11.8 Å². The second kappa shape index (κ2) is 7.53. The van der Waals surface area contributed by atoms with Crippen LogP contribution in [0, 0.1) is 0 Å². The number of anilines is 1. The van der Waals surface area contributed by atoms with Gasteiger partial charge in [-0.3, -0.25) is 4.79 Å². The normalized spacial score (nSPS) is 11.1. The molecule has 0 heterocycles. The second-order valence-electron chi connectivity index (χ2n) is 6.43. The van der Waals surface area contributed by atoms with Gasteiger partial charge in [-0.1, -0.05) is 39.0 Å². The van der Waals surface area contributed by atoms with Crippen molar-refractivity contribution in [3.8, 4) is 0 Å². The molecule has 1 amide bonds. The molecule has 0 aliphatic rings. The molecule has 0 aliphatic carbocycles. The average molecular weight is 343 g/mol. The van der Waals surface area contributed by atoms with Crippen molar-refractivity contribution in [2.45, 2.75) is 36.8 Å². The van der Waals surface area contributed by atoms with Gasteiger partial charge in [-0.2, -0.15) is 0 Å². The Bertz CT molecular complexity index is 733. The number of rotatable bonds is 5. The first kappa shape index (κ1) is 18.1. The molecule has 126 valence electrons. The fourth-order valence-corrected chi connectivity index (χ4v) is 3.20. The molecule has 2 aromatic rings. The lowest BCUT2D eigenvalue weighted by Gasteiger charge is -2.17. The number of carbonyl (C=O) groups is 2. The fraction of sp³-hybridized carbons (Fsp3) is 0.263. The van der Waals surface area contributed by atoms with E-state index in [0.717, 1.165) is 4.90 Å². The van der Waals surface area contributed by atoms with Gasteiger partial charge in [-0.15, -0.1) is 11.8 Å². The van der Waals surface area contributed by atoms with Crippen LogP contribution < -0.4 is 5.32 Å². The molecule has 24 heavy (non-hydrogen) atoms. The van der Waals surface area contributed by atoms with Crippen molar-refractivity contribution in [2.75, 3.05) is 5.32 Å². The molecule has 0 saturated carbocycles. The number of thioether (sulfide) groups is 1. The quantitative estimate of drug-likeness (QED) is 0.787. The monoisotopic (exact) mass is 343 g/mol. The van der Waals surface area contributed by atoms with Crippen LogP contribution in [0.3, 0.4) is 0 Å². The maximum Gasteiger partial charge on any atom is 0.335 e. The zero-order valence-corrected chi connectivity index (χ0v) is 14.8. The van der Waals surface area contributed by atoms with Crippen LogP contribution in [0.5, 0.6) is 0 Å². The molecule has 0 radical (unpaired) electrons. The molecule has 4 nitrogen and oxygen atoms in total. The molecule has 0 bridgehead atoms. The minimum absolute atomic E-state index is 0.0287. The van der Waals surface area contributed by atoms with Gasteiger partial charge in [0.05, 0.1) is 12.0 Å². The van der Waals surface area contributed by atoms with Crippen molar-refractivity contribution in [1.29, 1.82) is 0 Å². The van der Waals surface area contributed by atoms with E-state index in [-0.39, 0.29) is 22.6 Å². The summed E-state index contributed by atoms with van der Waals surface area (Å²) in [5, 5.41) is 12.0. The van der Waals surface area contributed by atoms with Gasteiger partial charge < -0.3 is 10.4 Å². The summed E-state index contributed by atoms with van der Waals surface area (Å²) < 4.78 is 0.130. The van der Waals surface area contributed by atoms with Gasteiger partial charge in [0.1, 0.15) is 0 Å². The third-order valence-electron chi connectivity index (χ3n) is 3.16. The lowest BCUT2D eigenvalue weighted by atomic mass is 10.0. The number of amides is 1. The van der Waals surface area contributed by atoms with E-state index in [1.165, 1.54) is 6.07 Å². The van der Waals surface area contributed by atoms with Crippen LogP contribution in [0.2, 0.25) is 0 Å². The van der Waals surface area contributed by atoms with E-state index in [0.29, 0.717) is 11.3 Å². The number of benzene rings is 2. The Morgan fingerprint density at radius 3 is 2.25 bits per heavy atom. The van der Waals surface area contributed by atoms with Crippen molar-refractivity contribution in [3.63, 3.8) is 0 Å². The first-order valence-electron chi connectivity index (χ1n) is 7.65. The predicted octanol–water partition coefficient (Wildman–Crippen LogP) is 4.46. The topological polar surface area (TPSA) is 66.4 Å². The number of nitrogens with one attached hydrogen (secondary N) is 1. The maximum atomic E-state index is 12.2. The largest absolute Gasteiger partial charge is 0.478 e. The van der Waals surface area contributed by atoms with Gasteiger partial charge in [-0.25, -0.2) is 4.79 Å². The Morgan fingerprint density at radius 2 is 1.67 bits per heavy atom. The van der Waals surface area contributed by atoms with Gasteiger partial charge >= 0.3 is 5.97 Å². The third-order valence-corrected chi connectivity index (χ3v) is 4.28. The highest BCUT2D eigenvalue weighted by atomic mass is 32.2. The van der Waals surface area contributed by atoms with E-state index in [4.69, 9.17) is 5.11 Å².